The minimum Gasteiger partial charge on any atom is -0.356 e. The zero-order valence-corrected chi connectivity index (χ0v) is 14.3. The highest BCUT2D eigenvalue weighted by molar-refractivity contribution is 5.78. The van der Waals surface area contributed by atoms with E-state index >= 15 is 0 Å². The number of hydrogen-bond donors (Lipinski definition) is 1. The molecule has 1 aromatic carbocycles. The van der Waals surface area contributed by atoms with Crippen molar-refractivity contribution in [2.75, 3.05) is 19.6 Å². The Morgan fingerprint density at radius 2 is 1.86 bits per heavy atom. The molecular weight excluding hydrogens is 272 g/mol. The van der Waals surface area contributed by atoms with Gasteiger partial charge in [0, 0.05) is 19.0 Å². The first-order valence-corrected chi connectivity index (χ1v) is 8.60. The number of carbonyl (C=O) groups excluding carboxylic acids is 1. The van der Waals surface area contributed by atoms with Gasteiger partial charge in [0.2, 0.25) is 5.91 Å². The van der Waals surface area contributed by atoms with E-state index in [0.717, 1.165) is 45.4 Å². The molecule has 3 nitrogen and oxygen atoms in total. The maximum absolute atomic E-state index is 12.2. The summed E-state index contributed by atoms with van der Waals surface area (Å²) in [6, 6.07) is 8.76. The van der Waals surface area contributed by atoms with Gasteiger partial charge in [-0.15, -0.1) is 0 Å². The minimum atomic E-state index is 0.210. The van der Waals surface area contributed by atoms with Crippen LogP contribution in [0.4, 0.5) is 0 Å². The van der Waals surface area contributed by atoms with E-state index in [1.165, 1.54) is 11.1 Å². The lowest BCUT2D eigenvalue weighted by Crippen LogP contribution is -2.40. The minimum absolute atomic E-state index is 0.210. The highest BCUT2D eigenvalue weighted by Gasteiger charge is 2.24. The van der Waals surface area contributed by atoms with Gasteiger partial charge in [-0.1, -0.05) is 43.7 Å². The number of carbonyl (C=O) groups is 1. The summed E-state index contributed by atoms with van der Waals surface area (Å²) in [4.78, 5) is 14.6. The van der Waals surface area contributed by atoms with Crippen molar-refractivity contribution >= 4 is 5.91 Å². The van der Waals surface area contributed by atoms with Gasteiger partial charge in [0.15, 0.2) is 0 Å². The van der Waals surface area contributed by atoms with E-state index in [2.05, 4.69) is 55.3 Å². The van der Waals surface area contributed by atoms with Gasteiger partial charge in [-0.2, -0.15) is 0 Å². The molecule has 3 heteroatoms. The van der Waals surface area contributed by atoms with E-state index < -0.39 is 0 Å². The van der Waals surface area contributed by atoms with Crippen LogP contribution in [-0.2, 0) is 11.3 Å². The molecule has 0 bridgehead atoms. The van der Waals surface area contributed by atoms with Crippen LogP contribution in [0.5, 0.6) is 0 Å². The Bertz CT molecular complexity index is 459. The number of benzene rings is 1. The second-order valence-electron chi connectivity index (χ2n) is 7.01. The normalized spacial score (nSPS) is 16.9. The molecule has 2 rings (SSSR count). The number of likely N-dealkylation sites (tertiary alicyclic amines) is 1. The molecule has 122 valence electrons. The van der Waals surface area contributed by atoms with Gasteiger partial charge in [0.1, 0.15) is 0 Å². The Balaban J connectivity index is 1.71. The van der Waals surface area contributed by atoms with Crippen molar-refractivity contribution in [3.05, 3.63) is 35.4 Å². The van der Waals surface area contributed by atoms with Crippen LogP contribution >= 0.6 is 0 Å². The SMILES string of the molecule is Cc1ccc(CN2CCC(C(=O)NCCC(C)C)CC2)cc1. The number of piperidine rings is 1. The number of amides is 1. The van der Waals surface area contributed by atoms with E-state index in [-0.39, 0.29) is 11.8 Å². The molecule has 0 aromatic heterocycles. The predicted molar refractivity (Wildman–Crippen MR) is 91.6 cm³/mol. The first kappa shape index (κ1) is 17.0. The van der Waals surface area contributed by atoms with E-state index in [1.54, 1.807) is 0 Å². The standard InChI is InChI=1S/C19H30N2O/c1-15(2)8-11-20-19(22)18-9-12-21(13-10-18)14-17-6-4-16(3)5-7-17/h4-7,15,18H,8-14H2,1-3H3,(H,20,22). The first-order valence-electron chi connectivity index (χ1n) is 8.60. The Morgan fingerprint density at radius 3 is 2.45 bits per heavy atom. The average Bonchev–Trinajstić information content (AvgIpc) is 2.50. The van der Waals surface area contributed by atoms with Gasteiger partial charge >= 0.3 is 0 Å². The lowest BCUT2D eigenvalue weighted by atomic mass is 9.95. The van der Waals surface area contributed by atoms with Gasteiger partial charge in [-0.25, -0.2) is 0 Å². The monoisotopic (exact) mass is 302 g/mol. The third-order valence-corrected chi connectivity index (χ3v) is 4.51. The molecule has 0 atom stereocenters. The molecule has 1 aromatic rings. The summed E-state index contributed by atoms with van der Waals surface area (Å²) in [7, 11) is 0. The van der Waals surface area contributed by atoms with Crippen LogP contribution in [0, 0.1) is 18.8 Å². The van der Waals surface area contributed by atoms with Gasteiger partial charge in [-0.05, 0) is 50.8 Å². The highest BCUT2D eigenvalue weighted by Crippen LogP contribution is 2.19. The summed E-state index contributed by atoms with van der Waals surface area (Å²) < 4.78 is 0. The van der Waals surface area contributed by atoms with Crippen LogP contribution < -0.4 is 5.32 Å². The third-order valence-electron chi connectivity index (χ3n) is 4.51. The molecular formula is C19H30N2O. The summed E-state index contributed by atoms with van der Waals surface area (Å²) in [6.45, 7) is 10.4. The predicted octanol–water partition coefficient (Wildman–Crippen LogP) is 3.37. The molecule has 0 unspecified atom stereocenters. The molecule has 22 heavy (non-hydrogen) atoms. The maximum Gasteiger partial charge on any atom is 0.223 e. The zero-order valence-electron chi connectivity index (χ0n) is 14.3. The smallest absolute Gasteiger partial charge is 0.223 e. The number of nitrogens with zero attached hydrogens (tertiary/aromatic N) is 1. The van der Waals surface area contributed by atoms with Crippen LogP contribution in [0.25, 0.3) is 0 Å². The summed E-state index contributed by atoms with van der Waals surface area (Å²) in [5.74, 6) is 1.12. The molecule has 1 heterocycles. The Hall–Kier alpha value is -1.35. The van der Waals surface area contributed by atoms with Crippen LogP contribution in [0.2, 0.25) is 0 Å². The van der Waals surface area contributed by atoms with Crippen LogP contribution in [-0.4, -0.2) is 30.4 Å². The molecule has 0 aliphatic carbocycles. The molecule has 1 N–H and O–H groups in total. The molecule has 1 amide bonds. The lowest BCUT2D eigenvalue weighted by Gasteiger charge is -2.31. The maximum atomic E-state index is 12.2. The number of hydrogen-bond acceptors (Lipinski definition) is 2. The number of rotatable bonds is 6. The summed E-state index contributed by atoms with van der Waals surface area (Å²) in [5.41, 5.74) is 2.67. The zero-order chi connectivity index (χ0) is 15.9. The Morgan fingerprint density at radius 1 is 1.23 bits per heavy atom. The summed E-state index contributed by atoms with van der Waals surface area (Å²) >= 11 is 0. The Kier molecular flexibility index (Phi) is 6.44. The highest BCUT2D eigenvalue weighted by atomic mass is 16.1. The van der Waals surface area contributed by atoms with Crippen molar-refractivity contribution < 1.29 is 4.79 Å². The van der Waals surface area contributed by atoms with E-state index in [0.29, 0.717) is 5.92 Å². The number of nitrogens with one attached hydrogen (secondary N) is 1. The van der Waals surface area contributed by atoms with Crippen molar-refractivity contribution in [3.8, 4) is 0 Å². The van der Waals surface area contributed by atoms with Gasteiger partial charge in [0.25, 0.3) is 0 Å². The van der Waals surface area contributed by atoms with Crippen molar-refractivity contribution in [1.82, 2.24) is 10.2 Å². The van der Waals surface area contributed by atoms with Crippen molar-refractivity contribution in [2.45, 2.75) is 46.6 Å². The lowest BCUT2D eigenvalue weighted by molar-refractivity contribution is -0.126. The van der Waals surface area contributed by atoms with E-state index in [4.69, 9.17) is 0 Å². The van der Waals surface area contributed by atoms with Crippen molar-refractivity contribution in [1.29, 1.82) is 0 Å². The third kappa shape index (κ3) is 5.45. The van der Waals surface area contributed by atoms with Crippen LogP contribution in [0.1, 0.15) is 44.2 Å². The molecule has 0 spiro atoms. The van der Waals surface area contributed by atoms with Crippen molar-refractivity contribution in [3.63, 3.8) is 0 Å². The second kappa shape index (κ2) is 8.33. The van der Waals surface area contributed by atoms with Gasteiger partial charge in [0.05, 0.1) is 0 Å². The topological polar surface area (TPSA) is 32.3 Å². The fraction of sp³-hybridized carbons (Fsp3) is 0.632. The van der Waals surface area contributed by atoms with Gasteiger partial charge < -0.3 is 5.32 Å². The second-order valence-corrected chi connectivity index (χ2v) is 7.01. The largest absolute Gasteiger partial charge is 0.356 e. The van der Waals surface area contributed by atoms with Gasteiger partial charge in [-0.3, -0.25) is 9.69 Å². The molecule has 1 aliphatic heterocycles. The fourth-order valence-electron chi connectivity index (χ4n) is 2.93. The molecule has 1 aliphatic rings. The quantitative estimate of drug-likeness (QED) is 0.874. The van der Waals surface area contributed by atoms with E-state index in [1.807, 2.05) is 0 Å². The summed E-state index contributed by atoms with van der Waals surface area (Å²) in [6.07, 6.45) is 3.04. The van der Waals surface area contributed by atoms with Crippen LogP contribution in [0.3, 0.4) is 0 Å². The molecule has 1 fully saturated rings. The Labute approximate surface area is 135 Å². The average molecular weight is 302 g/mol. The molecule has 0 saturated carbocycles. The van der Waals surface area contributed by atoms with E-state index in [9.17, 15) is 4.79 Å². The summed E-state index contributed by atoms with van der Waals surface area (Å²) in [5, 5.41) is 3.10. The molecule has 1 saturated heterocycles. The first-order chi connectivity index (χ1) is 10.5. The number of aryl methyl sites for hydroxylation is 1. The molecule has 0 radical (unpaired) electrons. The van der Waals surface area contributed by atoms with Crippen LogP contribution in [0.15, 0.2) is 24.3 Å². The van der Waals surface area contributed by atoms with Crippen molar-refractivity contribution in [2.24, 2.45) is 11.8 Å². The fourth-order valence-corrected chi connectivity index (χ4v) is 2.93.